The Labute approximate surface area is 121 Å². The van der Waals surface area contributed by atoms with Gasteiger partial charge in [-0.1, -0.05) is 23.7 Å². The van der Waals surface area contributed by atoms with Crippen LogP contribution in [0.1, 0.15) is 18.9 Å². The molecule has 0 amide bonds. The first-order chi connectivity index (χ1) is 9.08. The molecule has 2 rings (SSSR count). The molecule has 1 fully saturated rings. The number of benzene rings is 1. The lowest BCUT2D eigenvalue weighted by Gasteiger charge is -2.27. The number of halogens is 1. The lowest BCUT2D eigenvalue weighted by atomic mass is 10.0. The maximum Gasteiger partial charge on any atom is 0.0642 e. The van der Waals surface area contributed by atoms with Gasteiger partial charge in [0, 0.05) is 25.7 Å². The summed E-state index contributed by atoms with van der Waals surface area (Å²) in [4.78, 5) is 4.80. The number of nitrogens with two attached hydrogens (primary N) is 1. The van der Waals surface area contributed by atoms with E-state index in [1.165, 1.54) is 17.7 Å². The third kappa shape index (κ3) is 3.85. The SMILES string of the molecule is CC(N)Cc1cccc(Cl)c1N1CCCN(C)CC1. The van der Waals surface area contributed by atoms with Gasteiger partial charge in [-0.2, -0.15) is 0 Å². The molecule has 0 bridgehead atoms. The minimum absolute atomic E-state index is 0.159. The van der Waals surface area contributed by atoms with Crippen LogP contribution in [0.2, 0.25) is 5.02 Å². The highest BCUT2D eigenvalue weighted by atomic mass is 35.5. The average molecular weight is 282 g/mol. The van der Waals surface area contributed by atoms with E-state index in [9.17, 15) is 0 Å². The number of anilines is 1. The number of para-hydroxylation sites is 1. The number of nitrogens with zero attached hydrogens (tertiary/aromatic N) is 2. The van der Waals surface area contributed by atoms with Gasteiger partial charge in [0.25, 0.3) is 0 Å². The minimum atomic E-state index is 0.159. The van der Waals surface area contributed by atoms with Gasteiger partial charge >= 0.3 is 0 Å². The van der Waals surface area contributed by atoms with E-state index in [0.717, 1.165) is 37.6 Å². The highest BCUT2D eigenvalue weighted by Gasteiger charge is 2.18. The van der Waals surface area contributed by atoms with Crippen molar-refractivity contribution < 1.29 is 0 Å². The van der Waals surface area contributed by atoms with Crippen molar-refractivity contribution in [3.05, 3.63) is 28.8 Å². The van der Waals surface area contributed by atoms with Crippen LogP contribution in [0.5, 0.6) is 0 Å². The van der Waals surface area contributed by atoms with Gasteiger partial charge in [0.2, 0.25) is 0 Å². The summed E-state index contributed by atoms with van der Waals surface area (Å²) in [6.07, 6.45) is 2.06. The zero-order valence-electron chi connectivity index (χ0n) is 11.9. The molecule has 1 aromatic carbocycles. The van der Waals surface area contributed by atoms with Crippen molar-refractivity contribution in [1.29, 1.82) is 0 Å². The van der Waals surface area contributed by atoms with Crippen molar-refractivity contribution in [3.8, 4) is 0 Å². The van der Waals surface area contributed by atoms with Crippen LogP contribution in [0.25, 0.3) is 0 Å². The van der Waals surface area contributed by atoms with Crippen LogP contribution in [0.15, 0.2) is 18.2 Å². The van der Waals surface area contributed by atoms with Gasteiger partial charge < -0.3 is 15.5 Å². The molecule has 1 unspecified atom stereocenters. The van der Waals surface area contributed by atoms with E-state index in [1.807, 2.05) is 19.1 Å². The second kappa shape index (κ2) is 6.60. The molecule has 2 N–H and O–H groups in total. The lowest BCUT2D eigenvalue weighted by molar-refractivity contribution is 0.360. The van der Waals surface area contributed by atoms with Crippen molar-refractivity contribution in [3.63, 3.8) is 0 Å². The fourth-order valence-electron chi connectivity index (χ4n) is 2.70. The first-order valence-corrected chi connectivity index (χ1v) is 7.42. The van der Waals surface area contributed by atoms with Crippen LogP contribution < -0.4 is 10.6 Å². The summed E-state index contributed by atoms with van der Waals surface area (Å²) in [5.74, 6) is 0. The second-order valence-corrected chi connectivity index (χ2v) is 5.98. The highest BCUT2D eigenvalue weighted by Crippen LogP contribution is 2.31. The predicted octanol–water partition coefficient (Wildman–Crippen LogP) is 2.37. The molecule has 1 aliphatic rings. The summed E-state index contributed by atoms with van der Waals surface area (Å²) in [5, 5.41) is 0.850. The van der Waals surface area contributed by atoms with E-state index in [-0.39, 0.29) is 6.04 Å². The Morgan fingerprint density at radius 3 is 2.79 bits per heavy atom. The Morgan fingerprint density at radius 2 is 2.05 bits per heavy atom. The van der Waals surface area contributed by atoms with Gasteiger partial charge in [0.15, 0.2) is 0 Å². The minimum Gasteiger partial charge on any atom is -0.369 e. The van der Waals surface area contributed by atoms with Gasteiger partial charge in [-0.15, -0.1) is 0 Å². The van der Waals surface area contributed by atoms with Crippen LogP contribution >= 0.6 is 11.6 Å². The fourth-order valence-corrected chi connectivity index (χ4v) is 3.01. The third-order valence-corrected chi connectivity index (χ3v) is 3.95. The van der Waals surface area contributed by atoms with E-state index in [1.54, 1.807) is 0 Å². The molecule has 1 heterocycles. The van der Waals surface area contributed by atoms with Gasteiger partial charge in [-0.05, 0) is 45.0 Å². The fraction of sp³-hybridized carbons (Fsp3) is 0.600. The molecule has 1 aliphatic heterocycles. The van der Waals surface area contributed by atoms with Crippen molar-refractivity contribution in [2.24, 2.45) is 5.73 Å². The summed E-state index contributed by atoms with van der Waals surface area (Å²) in [6.45, 7) is 6.39. The van der Waals surface area contributed by atoms with E-state index in [4.69, 9.17) is 17.3 Å². The number of hydrogen-bond donors (Lipinski definition) is 1. The zero-order chi connectivity index (χ0) is 13.8. The average Bonchev–Trinajstić information content (AvgIpc) is 2.54. The monoisotopic (exact) mass is 281 g/mol. The predicted molar refractivity (Wildman–Crippen MR) is 83.1 cm³/mol. The van der Waals surface area contributed by atoms with Gasteiger partial charge in [0.05, 0.1) is 10.7 Å². The number of hydrogen-bond acceptors (Lipinski definition) is 3. The normalized spacial score (nSPS) is 19.3. The molecule has 0 aromatic heterocycles. The molecule has 1 atom stereocenters. The molecule has 1 aromatic rings. The van der Waals surface area contributed by atoms with E-state index in [0.29, 0.717) is 0 Å². The molecular formula is C15H24ClN3. The van der Waals surface area contributed by atoms with Gasteiger partial charge in [0.1, 0.15) is 0 Å². The Hall–Kier alpha value is -0.770. The van der Waals surface area contributed by atoms with Crippen LogP contribution in [-0.4, -0.2) is 44.2 Å². The summed E-state index contributed by atoms with van der Waals surface area (Å²) in [7, 11) is 2.18. The Bertz CT molecular complexity index is 420. The van der Waals surface area contributed by atoms with Crippen LogP contribution in [-0.2, 0) is 6.42 Å². The van der Waals surface area contributed by atoms with Crippen LogP contribution in [0.3, 0.4) is 0 Å². The quantitative estimate of drug-likeness (QED) is 0.923. The molecule has 106 valence electrons. The zero-order valence-corrected chi connectivity index (χ0v) is 12.7. The van der Waals surface area contributed by atoms with E-state index >= 15 is 0 Å². The summed E-state index contributed by atoms with van der Waals surface area (Å²) in [5.41, 5.74) is 8.42. The maximum absolute atomic E-state index is 6.44. The highest BCUT2D eigenvalue weighted by molar-refractivity contribution is 6.33. The Morgan fingerprint density at radius 1 is 1.26 bits per heavy atom. The van der Waals surface area contributed by atoms with E-state index in [2.05, 4.69) is 22.9 Å². The standard InChI is InChI=1S/C15H24ClN3/c1-12(17)11-13-5-3-6-14(16)15(13)19-8-4-7-18(2)9-10-19/h3,5-6,12H,4,7-11,17H2,1-2H3. The second-order valence-electron chi connectivity index (χ2n) is 5.57. The first-order valence-electron chi connectivity index (χ1n) is 7.04. The molecule has 0 aliphatic carbocycles. The largest absolute Gasteiger partial charge is 0.369 e. The summed E-state index contributed by atoms with van der Waals surface area (Å²) in [6, 6.07) is 6.31. The van der Waals surface area contributed by atoms with E-state index < -0.39 is 0 Å². The number of rotatable bonds is 3. The molecule has 3 nitrogen and oxygen atoms in total. The van der Waals surface area contributed by atoms with Gasteiger partial charge in [-0.3, -0.25) is 0 Å². The van der Waals surface area contributed by atoms with Crippen molar-refractivity contribution in [2.75, 3.05) is 38.1 Å². The molecule has 1 saturated heterocycles. The summed E-state index contributed by atoms with van der Waals surface area (Å²) < 4.78 is 0. The first kappa shape index (κ1) is 14.6. The smallest absolute Gasteiger partial charge is 0.0642 e. The Kier molecular flexibility index (Phi) is 5.08. The summed E-state index contributed by atoms with van der Waals surface area (Å²) >= 11 is 6.44. The molecule has 19 heavy (non-hydrogen) atoms. The number of likely N-dealkylation sites (N-methyl/N-ethyl adjacent to an activating group) is 1. The van der Waals surface area contributed by atoms with Crippen molar-refractivity contribution in [2.45, 2.75) is 25.8 Å². The lowest BCUT2D eigenvalue weighted by Crippen LogP contribution is -2.30. The maximum atomic E-state index is 6.44. The third-order valence-electron chi connectivity index (χ3n) is 3.65. The van der Waals surface area contributed by atoms with Crippen LogP contribution in [0.4, 0.5) is 5.69 Å². The molecule has 0 spiro atoms. The van der Waals surface area contributed by atoms with Gasteiger partial charge in [-0.25, -0.2) is 0 Å². The van der Waals surface area contributed by atoms with Crippen LogP contribution in [0, 0.1) is 0 Å². The molecule has 4 heteroatoms. The van der Waals surface area contributed by atoms with Crippen molar-refractivity contribution >= 4 is 17.3 Å². The topological polar surface area (TPSA) is 32.5 Å². The molecule has 0 radical (unpaired) electrons. The van der Waals surface area contributed by atoms with Crippen molar-refractivity contribution in [1.82, 2.24) is 4.90 Å². The molecular weight excluding hydrogens is 258 g/mol. The molecule has 0 saturated carbocycles. The Balaban J connectivity index is 2.26.